The van der Waals surface area contributed by atoms with Gasteiger partial charge in [-0.1, -0.05) is 6.92 Å². The van der Waals surface area contributed by atoms with Crippen LogP contribution in [0.15, 0.2) is 11.1 Å². The Bertz CT molecular complexity index is 262. The molecular weight excluding hydrogens is 152 g/mol. The van der Waals surface area contributed by atoms with E-state index in [1.165, 1.54) is 0 Å². The van der Waals surface area contributed by atoms with Crippen LogP contribution in [0.3, 0.4) is 0 Å². The smallest absolute Gasteiger partial charge is 0.175 e. The Morgan fingerprint density at radius 2 is 2.42 bits per heavy atom. The highest BCUT2D eigenvalue weighted by Crippen LogP contribution is 2.08. The summed E-state index contributed by atoms with van der Waals surface area (Å²) in [5, 5.41) is 6.91. The third-order valence-electron chi connectivity index (χ3n) is 1.42. The van der Waals surface area contributed by atoms with E-state index in [-0.39, 0.29) is 0 Å². The summed E-state index contributed by atoms with van der Waals surface area (Å²) in [4.78, 5) is 6.01. The summed E-state index contributed by atoms with van der Waals surface area (Å²) >= 11 is 0. The number of hydrogen-bond acceptors (Lipinski definition) is 2. The van der Waals surface area contributed by atoms with Gasteiger partial charge in [0.15, 0.2) is 5.82 Å². The van der Waals surface area contributed by atoms with Gasteiger partial charge in [-0.2, -0.15) is 5.10 Å². The van der Waals surface area contributed by atoms with E-state index in [2.05, 4.69) is 22.1 Å². The van der Waals surface area contributed by atoms with Gasteiger partial charge in [0.2, 0.25) is 0 Å². The van der Waals surface area contributed by atoms with Gasteiger partial charge in [0.25, 0.3) is 0 Å². The van der Waals surface area contributed by atoms with Gasteiger partial charge in [-0.3, -0.25) is 5.10 Å². The molecule has 0 atom stereocenters. The monoisotopic (exact) mass is 166 g/mol. The molecule has 0 radical (unpaired) electrons. The molecule has 0 fully saturated rings. The molecule has 0 spiro atoms. The molecule has 1 rings (SSSR count). The van der Waals surface area contributed by atoms with Gasteiger partial charge < -0.3 is 4.90 Å². The Kier molecular flexibility index (Phi) is 2.85. The quantitative estimate of drug-likeness (QED) is 0.541. The van der Waals surface area contributed by atoms with Gasteiger partial charge in [0, 0.05) is 25.9 Å². The number of H-pyrrole nitrogens is 1. The minimum atomic E-state index is 0.737. The van der Waals surface area contributed by atoms with Crippen LogP contribution >= 0.6 is 0 Å². The van der Waals surface area contributed by atoms with E-state index in [0.29, 0.717) is 0 Å². The van der Waals surface area contributed by atoms with E-state index < -0.39 is 0 Å². The van der Waals surface area contributed by atoms with Gasteiger partial charge in [-0.25, -0.2) is 4.99 Å². The number of aromatic amines is 1. The van der Waals surface area contributed by atoms with Gasteiger partial charge in [-0.15, -0.1) is 0 Å². The second-order valence-corrected chi connectivity index (χ2v) is 2.81. The van der Waals surface area contributed by atoms with Crippen molar-refractivity contribution in [2.45, 2.75) is 13.3 Å². The molecule has 0 saturated heterocycles. The largest absolute Gasteiger partial charge is 0.369 e. The zero-order valence-corrected chi connectivity index (χ0v) is 7.70. The highest BCUT2D eigenvalue weighted by Gasteiger charge is 1.94. The van der Waals surface area contributed by atoms with Crippen LogP contribution in [-0.2, 0) is 6.42 Å². The standard InChI is InChI=1S/C8H14N4/c1-4-7-5-8(11-10-7)9-6-12(2)3/h5-6H,4H2,1-3H3,(H,10,11). The van der Waals surface area contributed by atoms with Crippen molar-refractivity contribution in [2.24, 2.45) is 4.99 Å². The lowest BCUT2D eigenvalue weighted by Crippen LogP contribution is -2.06. The van der Waals surface area contributed by atoms with Crippen molar-refractivity contribution in [1.82, 2.24) is 15.1 Å². The maximum atomic E-state index is 4.13. The Balaban J connectivity index is 2.63. The molecule has 0 amide bonds. The lowest BCUT2D eigenvalue weighted by molar-refractivity contribution is 0.643. The van der Waals surface area contributed by atoms with Crippen molar-refractivity contribution in [3.63, 3.8) is 0 Å². The average Bonchev–Trinajstić information content (AvgIpc) is 2.48. The van der Waals surface area contributed by atoms with Crippen molar-refractivity contribution in [3.8, 4) is 0 Å². The first-order valence-electron chi connectivity index (χ1n) is 3.97. The van der Waals surface area contributed by atoms with E-state index >= 15 is 0 Å². The summed E-state index contributed by atoms with van der Waals surface area (Å²) in [6, 6.07) is 1.94. The Hall–Kier alpha value is -1.32. The molecular formula is C8H14N4. The van der Waals surface area contributed by atoms with Crippen LogP contribution in [0.4, 0.5) is 5.82 Å². The van der Waals surface area contributed by atoms with Gasteiger partial charge >= 0.3 is 0 Å². The van der Waals surface area contributed by atoms with E-state index in [4.69, 9.17) is 0 Å². The van der Waals surface area contributed by atoms with Crippen LogP contribution in [-0.4, -0.2) is 35.5 Å². The molecule has 1 heterocycles. The van der Waals surface area contributed by atoms with Gasteiger partial charge in [0.1, 0.15) is 0 Å². The third-order valence-corrected chi connectivity index (χ3v) is 1.42. The predicted octanol–water partition coefficient (Wildman–Crippen LogP) is 1.19. The number of rotatable bonds is 3. The van der Waals surface area contributed by atoms with E-state index in [1.807, 2.05) is 25.1 Å². The lowest BCUT2D eigenvalue weighted by Gasteiger charge is -1.99. The summed E-state index contributed by atoms with van der Waals surface area (Å²) in [6.45, 7) is 2.08. The van der Waals surface area contributed by atoms with Crippen LogP contribution < -0.4 is 0 Å². The number of nitrogens with zero attached hydrogens (tertiary/aromatic N) is 3. The molecule has 12 heavy (non-hydrogen) atoms. The maximum Gasteiger partial charge on any atom is 0.175 e. The molecule has 0 aliphatic rings. The summed E-state index contributed by atoms with van der Waals surface area (Å²) in [5.74, 6) is 0.737. The summed E-state index contributed by atoms with van der Waals surface area (Å²) in [7, 11) is 3.85. The van der Waals surface area contributed by atoms with Crippen LogP contribution in [0.2, 0.25) is 0 Å². The van der Waals surface area contributed by atoms with Crippen LogP contribution in [0, 0.1) is 0 Å². The first-order valence-corrected chi connectivity index (χ1v) is 3.97. The fourth-order valence-corrected chi connectivity index (χ4v) is 0.771. The van der Waals surface area contributed by atoms with Crippen molar-refractivity contribution in [2.75, 3.05) is 14.1 Å². The third kappa shape index (κ3) is 2.38. The summed E-state index contributed by atoms with van der Waals surface area (Å²) < 4.78 is 0. The molecule has 0 aromatic carbocycles. The number of hydrogen-bond donors (Lipinski definition) is 1. The summed E-state index contributed by atoms with van der Waals surface area (Å²) in [5.41, 5.74) is 1.11. The van der Waals surface area contributed by atoms with Crippen LogP contribution in [0.5, 0.6) is 0 Å². The van der Waals surface area contributed by atoms with Crippen molar-refractivity contribution in [3.05, 3.63) is 11.8 Å². The Morgan fingerprint density at radius 1 is 1.67 bits per heavy atom. The molecule has 0 saturated carbocycles. The topological polar surface area (TPSA) is 44.3 Å². The van der Waals surface area contributed by atoms with E-state index in [0.717, 1.165) is 17.9 Å². The second kappa shape index (κ2) is 3.90. The highest BCUT2D eigenvalue weighted by atomic mass is 15.2. The fourth-order valence-electron chi connectivity index (χ4n) is 0.771. The Morgan fingerprint density at radius 3 is 2.92 bits per heavy atom. The molecule has 0 aliphatic carbocycles. The molecule has 66 valence electrons. The first kappa shape index (κ1) is 8.77. The minimum Gasteiger partial charge on any atom is -0.369 e. The molecule has 0 bridgehead atoms. The van der Waals surface area contributed by atoms with Gasteiger partial charge in [-0.05, 0) is 6.42 Å². The molecule has 1 aromatic heterocycles. The maximum absolute atomic E-state index is 4.13. The molecule has 0 unspecified atom stereocenters. The molecule has 0 aliphatic heterocycles. The SMILES string of the molecule is CCc1cc(N=CN(C)C)n[nH]1. The number of aromatic nitrogens is 2. The number of nitrogens with one attached hydrogen (secondary N) is 1. The molecule has 1 aromatic rings. The molecule has 4 nitrogen and oxygen atoms in total. The summed E-state index contributed by atoms with van der Waals surface area (Å²) in [6.07, 6.45) is 2.69. The zero-order chi connectivity index (χ0) is 8.97. The normalized spacial score (nSPS) is 10.9. The second-order valence-electron chi connectivity index (χ2n) is 2.81. The zero-order valence-electron chi connectivity index (χ0n) is 7.70. The minimum absolute atomic E-state index is 0.737. The van der Waals surface area contributed by atoms with Crippen molar-refractivity contribution >= 4 is 12.2 Å². The van der Waals surface area contributed by atoms with Gasteiger partial charge in [0.05, 0.1) is 6.34 Å². The Labute approximate surface area is 72.3 Å². The van der Waals surface area contributed by atoms with E-state index in [9.17, 15) is 0 Å². The highest BCUT2D eigenvalue weighted by molar-refractivity contribution is 5.58. The number of aliphatic imine (C=N–C) groups is 1. The van der Waals surface area contributed by atoms with Crippen molar-refractivity contribution < 1.29 is 0 Å². The molecule has 1 N–H and O–H groups in total. The van der Waals surface area contributed by atoms with E-state index in [1.54, 1.807) is 6.34 Å². The van der Waals surface area contributed by atoms with Crippen LogP contribution in [0.1, 0.15) is 12.6 Å². The lowest BCUT2D eigenvalue weighted by atomic mass is 10.3. The van der Waals surface area contributed by atoms with Crippen molar-refractivity contribution in [1.29, 1.82) is 0 Å². The fraction of sp³-hybridized carbons (Fsp3) is 0.500. The number of aryl methyl sites for hydroxylation is 1. The predicted molar refractivity (Wildman–Crippen MR) is 49.8 cm³/mol. The average molecular weight is 166 g/mol. The van der Waals surface area contributed by atoms with Crippen LogP contribution in [0.25, 0.3) is 0 Å². The first-order chi connectivity index (χ1) is 5.72. The molecule has 4 heteroatoms.